The van der Waals surface area contributed by atoms with Crippen LogP contribution in [0.25, 0.3) is 0 Å². The molecule has 7 heteroatoms. The van der Waals surface area contributed by atoms with Gasteiger partial charge in [0, 0.05) is 12.0 Å². The molecule has 1 aromatic carbocycles. The van der Waals surface area contributed by atoms with E-state index in [1.165, 1.54) is 14.2 Å². The summed E-state index contributed by atoms with van der Waals surface area (Å²) in [5.41, 5.74) is 3.68. The van der Waals surface area contributed by atoms with Gasteiger partial charge < -0.3 is 15.2 Å². The van der Waals surface area contributed by atoms with Crippen LogP contribution in [-0.2, 0) is 6.18 Å². The number of alkyl halides is 3. The maximum Gasteiger partial charge on any atom is 0.417 e. The molecule has 0 saturated heterocycles. The van der Waals surface area contributed by atoms with Crippen molar-refractivity contribution in [3.8, 4) is 11.5 Å². The fourth-order valence-electron chi connectivity index (χ4n) is 1.61. The minimum atomic E-state index is -4.65. The number of carbonyl (C=O) groups excluding carboxylic acids is 1. The number of carbonyl (C=O) groups is 1. The van der Waals surface area contributed by atoms with Crippen molar-refractivity contribution in [1.29, 1.82) is 0 Å². The second kappa shape index (κ2) is 5.92. The maximum atomic E-state index is 12.9. The molecule has 0 amide bonds. The van der Waals surface area contributed by atoms with E-state index in [0.29, 0.717) is 0 Å². The Kier molecular flexibility index (Phi) is 4.77. The Morgan fingerprint density at radius 2 is 1.74 bits per heavy atom. The highest BCUT2D eigenvalue weighted by molar-refractivity contribution is 5.98. The van der Waals surface area contributed by atoms with Crippen LogP contribution in [0.3, 0.4) is 0 Å². The largest absolute Gasteiger partial charge is 0.493 e. The normalized spacial score (nSPS) is 11.3. The SMILES string of the molecule is COc1cc(C(=O)CCN)c(C(F)(F)F)cc1OC. The van der Waals surface area contributed by atoms with Crippen LogP contribution >= 0.6 is 0 Å². The van der Waals surface area contributed by atoms with Crippen molar-refractivity contribution < 1.29 is 27.4 Å². The van der Waals surface area contributed by atoms with E-state index >= 15 is 0 Å². The first-order valence-corrected chi connectivity index (χ1v) is 5.41. The molecule has 2 N–H and O–H groups in total. The van der Waals surface area contributed by atoms with E-state index in [4.69, 9.17) is 15.2 Å². The van der Waals surface area contributed by atoms with Gasteiger partial charge >= 0.3 is 6.18 Å². The fourth-order valence-corrected chi connectivity index (χ4v) is 1.61. The van der Waals surface area contributed by atoms with E-state index in [-0.39, 0.29) is 24.5 Å². The zero-order chi connectivity index (χ0) is 14.6. The predicted octanol–water partition coefficient (Wildman–Crippen LogP) is 2.25. The maximum absolute atomic E-state index is 12.9. The zero-order valence-corrected chi connectivity index (χ0v) is 10.5. The van der Waals surface area contributed by atoms with Crippen LogP contribution in [-0.4, -0.2) is 26.5 Å². The van der Waals surface area contributed by atoms with Crippen molar-refractivity contribution in [2.45, 2.75) is 12.6 Å². The molecule has 0 fully saturated rings. The summed E-state index contributed by atoms with van der Waals surface area (Å²) in [5.74, 6) is -0.703. The average molecular weight is 277 g/mol. The van der Waals surface area contributed by atoms with E-state index in [1.807, 2.05) is 0 Å². The van der Waals surface area contributed by atoms with Gasteiger partial charge in [-0.3, -0.25) is 4.79 Å². The molecule has 0 aromatic heterocycles. The smallest absolute Gasteiger partial charge is 0.417 e. The molecule has 0 saturated carbocycles. The van der Waals surface area contributed by atoms with Gasteiger partial charge in [0.05, 0.1) is 19.8 Å². The number of nitrogens with two attached hydrogens (primary N) is 1. The van der Waals surface area contributed by atoms with Crippen molar-refractivity contribution in [3.05, 3.63) is 23.3 Å². The molecule has 0 atom stereocenters. The minimum Gasteiger partial charge on any atom is -0.493 e. The lowest BCUT2D eigenvalue weighted by molar-refractivity contribution is -0.138. The molecular formula is C12H14F3NO3. The number of methoxy groups -OCH3 is 2. The van der Waals surface area contributed by atoms with Crippen LogP contribution in [0, 0.1) is 0 Å². The summed E-state index contributed by atoms with van der Waals surface area (Å²) >= 11 is 0. The van der Waals surface area contributed by atoms with Gasteiger partial charge in [-0.1, -0.05) is 0 Å². The van der Waals surface area contributed by atoms with Crippen molar-refractivity contribution in [2.75, 3.05) is 20.8 Å². The fraction of sp³-hybridized carbons (Fsp3) is 0.417. The lowest BCUT2D eigenvalue weighted by Gasteiger charge is -2.16. The van der Waals surface area contributed by atoms with Crippen LogP contribution < -0.4 is 15.2 Å². The third-order valence-electron chi connectivity index (χ3n) is 2.50. The Labute approximate surface area is 108 Å². The van der Waals surface area contributed by atoms with Gasteiger partial charge in [-0.2, -0.15) is 13.2 Å². The number of hydrogen-bond donors (Lipinski definition) is 1. The lowest BCUT2D eigenvalue weighted by Crippen LogP contribution is -2.16. The minimum absolute atomic E-state index is 0.0233. The van der Waals surface area contributed by atoms with Crippen molar-refractivity contribution >= 4 is 5.78 Å². The number of hydrogen-bond acceptors (Lipinski definition) is 4. The molecule has 19 heavy (non-hydrogen) atoms. The molecule has 0 bridgehead atoms. The molecule has 106 valence electrons. The first kappa shape index (κ1) is 15.3. The molecule has 4 nitrogen and oxygen atoms in total. The summed E-state index contributed by atoms with van der Waals surface area (Å²) in [7, 11) is 2.50. The van der Waals surface area contributed by atoms with Crippen LogP contribution in [0.15, 0.2) is 12.1 Å². The zero-order valence-electron chi connectivity index (χ0n) is 10.5. The molecular weight excluding hydrogens is 263 g/mol. The number of halogens is 3. The van der Waals surface area contributed by atoms with Crippen LogP contribution in [0.4, 0.5) is 13.2 Å². The predicted molar refractivity (Wildman–Crippen MR) is 62.5 cm³/mol. The van der Waals surface area contributed by atoms with E-state index in [9.17, 15) is 18.0 Å². The van der Waals surface area contributed by atoms with E-state index < -0.39 is 23.1 Å². The topological polar surface area (TPSA) is 61.5 Å². The second-order valence-corrected chi connectivity index (χ2v) is 3.71. The molecule has 1 aromatic rings. The van der Waals surface area contributed by atoms with Gasteiger partial charge in [0.2, 0.25) is 0 Å². The molecule has 1 rings (SSSR count). The van der Waals surface area contributed by atoms with E-state index in [2.05, 4.69) is 0 Å². The molecule has 0 aliphatic carbocycles. The van der Waals surface area contributed by atoms with Crippen LogP contribution in [0.5, 0.6) is 11.5 Å². The Bertz CT molecular complexity index is 472. The van der Waals surface area contributed by atoms with E-state index in [0.717, 1.165) is 12.1 Å². The van der Waals surface area contributed by atoms with Gasteiger partial charge in [0.25, 0.3) is 0 Å². The summed E-state index contributed by atoms with van der Waals surface area (Å²) in [5, 5.41) is 0. The quantitative estimate of drug-likeness (QED) is 0.838. The Morgan fingerprint density at radius 3 is 2.16 bits per heavy atom. The molecule has 0 aliphatic heterocycles. The lowest BCUT2D eigenvalue weighted by atomic mass is 10.00. The molecule has 0 heterocycles. The summed E-state index contributed by atoms with van der Waals surface area (Å²) in [4.78, 5) is 11.7. The number of Topliss-reactive ketones (excluding diaryl/α,β-unsaturated/α-hetero) is 1. The Balaban J connectivity index is 3.45. The van der Waals surface area contributed by atoms with Crippen LogP contribution in [0.1, 0.15) is 22.3 Å². The summed E-state index contributed by atoms with van der Waals surface area (Å²) in [6.07, 6.45) is -4.82. The third kappa shape index (κ3) is 3.37. The standard InChI is InChI=1S/C12H14F3NO3/c1-18-10-5-7(9(17)3-4-16)8(12(13,14)15)6-11(10)19-2/h5-6H,3-4,16H2,1-2H3. The van der Waals surface area contributed by atoms with Gasteiger partial charge in [0.1, 0.15) is 0 Å². The van der Waals surface area contributed by atoms with E-state index in [1.54, 1.807) is 0 Å². The highest BCUT2D eigenvalue weighted by Crippen LogP contribution is 2.39. The highest BCUT2D eigenvalue weighted by Gasteiger charge is 2.36. The second-order valence-electron chi connectivity index (χ2n) is 3.71. The van der Waals surface area contributed by atoms with Crippen LogP contribution in [0.2, 0.25) is 0 Å². The van der Waals surface area contributed by atoms with Crippen molar-refractivity contribution in [3.63, 3.8) is 0 Å². The monoisotopic (exact) mass is 277 g/mol. The Hall–Kier alpha value is -1.76. The van der Waals surface area contributed by atoms with Gasteiger partial charge in [-0.05, 0) is 18.7 Å². The Morgan fingerprint density at radius 1 is 1.21 bits per heavy atom. The molecule has 0 radical (unpaired) electrons. The number of ketones is 1. The summed E-state index contributed by atoms with van der Waals surface area (Å²) < 4.78 is 48.5. The average Bonchev–Trinajstić information content (AvgIpc) is 2.36. The van der Waals surface area contributed by atoms with Gasteiger partial charge in [-0.15, -0.1) is 0 Å². The first-order valence-electron chi connectivity index (χ1n) is 5.41. The van der Waals surface area contributed by atoms with Gasteiger partial charge in [0.15, 0.2) is 17.3 Å². The first-order chi connectivity index (χ1) is 8.85. The number of benzene rings is 1. The summed E-state index contributed by atoms with van der Waals surface area (Å²) in [6, 6.07) is 1.78. The van der Waals surface area contributed by atoms with Crippen molar-refractivity contribution in [1.82, 2.24) is 0 Å². The highest BCUT2D eigenvalue weighted by atomic mass is 19.4. The number of rotatable bonds is 5. The van der Waals surface area contributed by atoms with Gasteiger partial charge in [-0.25, -0.2) is 0 Å². The molecule has 0 spiro atoms. The summed E-state index contributed by atoms with van der Waals surface area (Å²) in [6.45, 7) is -0.0233. The number of ether oxygens (including phenoxy) is 2. The van der Waals surface area contributed by atoms with Crippen molar-refractivity contribution in [2.24, 2.45) is 5.73 Å². The third-order valence-corrected chi connectivity index (χ3v) is 2.50. The molecule has 0 unspecified atom stereocenters. The molecule has 0 aliphatic rings.